The normalized spacial score (nSPS) is 11.3. The van der Waals surface area contributed by atoms with Crippen LogP contribution >= 0.6 is 0 Å². The monoisotopic (exact) mass is 278 g/mol. The molecule has 0 heterocycles. The van der Waals surface area contributed by atoms with Gasteiger partial charge in [0.15, 0.2) is 6.61 Å². The number of amides is 2. The average Bonchev–Trinajstić information content (AvgIpc) is 2.50. The second-order valence-electron chi connectivity index (χ2n) is 4.29. The number of carbonyl (C=O) groups is 3. The Hall–Kier alpha value is -2.37. The third kappa shape index (κ3) is 5.09. The van der Waals surface area contributed by atoms with E-state index in [0.29, 0.717) is 12.0 Å². The summed E-state index contributed by atoms with van der Waals surface area (Å²) in [4.78, 5) is 34.3. The molecule has 2 amide bonds. The van der Waals surface area contributed by atoms with E-state index in [4.69, 9.17) is 4.74 Å². The molecule has 0 aliphatic heterocycles. The van der Waals surface area contributed by atoms with Crippen LogP contribution in [0.4, 0.5) is 0 Å². The molecular formula is C14H18N2O4. The highest BCUT2D eigenvalue weighted by Crippen LogP contribution is 2.02. The predicted molar refractivity (Wildman–Crippen MR) is 72.5 cm³/mol. The minimum atomic E-state index is -0.592. The highest BCUT2D eigenvalue weighted by molar-refractivity contribution is 5.95. The highest BCUT2D eigenvalue weighted by Gasteiger charge is 2.14. The molecule has 0 saturated carbocycles. The van der Waals surface area contributed by atoms with Crippen LogP contribution in [0.25, 0.3) is 0 Å². The summed E-state index contributed by atoms with van der Waals surface area (Å²) in [6, 6.07) is 8.44. The van der Waals surface area contributed by atoms with E-state index in [1.165, 1.54) is 0 Å². The zero-order valence-electron chi connectivity index (χ0n) is 11.5. The van der Waals surface area contributed by atoms with Crippen molar-refractivity contribution >= 4 is 17.8 Å². The number of nitrogens with one attached hydrogen (secondary N) is 2. The number of rotatable bonds is 5. The van der Waals surface area contributed by atoms with Gasteiger partial charge in [0, 0.05) is 5.56 Å². The Morgan fingerprint density at radius 2 is 1.80 bits per heavy atom. The van der Waals surface area contributed by atoms with Crippen molar-refractivity contribution in [3.8, 4) is 0 Å². The van der Waals surface area contributed by atoms with E-state index in [2.05, 4.69) is 10.9 Å². The van der Waals surface area contributed by atoms with Crippen molar-refractivity contribution in [3.63, 3.8) is 0 Å². The first kappa shape index (κ1) is 15.7. The van der Waals surface area contributed by atoms with Gasteiger partial charge < -0.3 is 4.74 Å². The number of ether oxygens (including phenoxy) is 1. The molecule has 0 aromatic heterocycles. The van der Waals surface area contributed by atoms with Crippen LogP contribution in [-0.4, -0.2) is 24.4 Å². The smallest absolute Gasteiger partial charge is 0.309 e. The van der Waals surface area contributed by atoms with E-state index < -0.39 is 24.4 Å². The van der Waals surface area contributed by atoms with Gasteiger partial charge in [-0.15, -0.1) is 0 Å². The number of carbonyl (C=O) groups excluding carboxylic acids is 3. The van der Waals surface area contributed by atoms with E-state index in [0.717, 1.165) is 0 Å². The van der Waals surface area contributed by atoms with Gasteiger partial charge in [-0.1, -0.05) is 32.0 Å². The molecule has 1 aromatic carbocycles. The summed E-state index contributed by atoms with van der Waals surface area (Å²) in [7, 11) is 0. The first-order valence-electron chi connectivity index (χ1n) is 6.35. The SMILES string of the molecule is CCC(C)C(=O)OCC(=O)NNC(=O)c1ccccc1. The van der Waals surface area contributed by atoms with Gasteiger partial charge in [-0.3, -0.25) is 25.2 Å². The summed E-state index contributed by atoms with van der Waals surface area (Å²) >= 11 is 0. The molecule has 6 nitrogen and oxygen atoms in total. The lowest BCUT2D eigenvalue weighted by atomic mass is 10.1. The van der Waals surface area contributed by atoms with E-state index in [1.807, 2.05) is 6.92 Å². The number of hydrogen-bond donors (Lipinski definition) is 2. The number of hydrazine groups is 1. The summed E-state index contributed by atoms with van der Waals surface area (Å²) < 4.78 is 4.79. The Bertz CT molecular complexity index is 473. The number of benzene rings is 1. The van der Waals surface area contributed by atoms with E-state index in [-0.39, 0.29) is 5.92 Å². The van der Waals surface area contributed by atoms with Crippen molar-refractivity contribution in [1.29, 1.82) is 0 Å². The molecule has 1 rings (SSSR count). The average molecular weight is 278 g/mol. The van der Waals surface area contributed by atoms with E-state index >= 15 is 0 Å². The maximum absolute atomic E-state index is 11.6. The molecule has 20 heavy (non-hydrogen) atoms. The molecule has 1 unspecified atom stereocenters. The van der Waals surface area contributed by atoms with Crippen molar-refractivity contribution < 1.29 is 19.1 Å². The van der Waals surface area contributed by atoms with Crippen molar-refractivity contribution in [2.24, 2.45) is 5.92 Å². The summed E-state index contributed by atoms with van der Waals surface area (Å²) in [5.41, 5.74) is 4.83. The molecule has 6 heteroatoms. The van der Waals surface area contributed by atoms with Crippen LogP contribution in [0.1, 0.15) is 30.6 Å². The van der Waals surface area contributed by atoms with Gasteiger partial charge in [0.2, 0.25) is 0 Å². The molecule has 0 aliphatic rings. The van der Waals surface area contributed by atoms with Crippen molar-refractivity contribution in [3.05, 3.63) is 35.9 Å². The predicted octanol–water partition coefficient (Wildman–Crippen LogP) is 1.04. The zero-order chi connectivity index (χ0) is 15.0. The molecule has 0 fully saturated rings. The second kappa shape index (κ2) is 7.93. The third-order valence-electron chi connectivity index (χ3n) is 2.71. The fourth-order valence-corrected chi connectivity index (χ4v) is 1.27. The van der Waals surface area contributed by atoms with Crippen molar-refractivity contribution in [2.75, 3.05) is 6.61 Å². The standard InChI is InChI=1S/C14H18N2O4/c1-3-10(2)14(19)20-9-12(17)15-16-13(18)11-7-5-4-6-8-11/h4-8,10H,3,9H2,1-2H3,(H,15,17)(H,16,18). The summed E-state index contributed by atoms with van der Waals surface area (Å²) in [6.07, 6.45) is 0.644. The van der Waals surface area contributed by atoms with Crippen LogP contribution in [0.2, 0.25) is 0 Å². The van der Waals surface area contributed by atoms with Gasteiger partial charge in [-0.25, -0.2) is 0 Å². The molecule has 0 saturated heterocycles. The second-order valence-corrected chi connectivity index (χ2v) is 4.29. The molecule has 2 N–H and O–H groups in total. The van der Waals surface area contributed by atoms with Gasteiger partial charge in [-0.2, -0.15) is 0 Å². The Morgan fingerprint density at radius 3 is 2.40 bits per heavy atom. The minimum Gasteiger partial charge on any atom is -0.455 e. The van der Waals surface area contributed by atoms with Gasteiger partial charge in [-0.05, 0) is 18.6 Å². The Labute approximate surface area is 117 Å². The van der Waals surface area contributed by atoms with Crippen molar-refractivity contribution in [1.82, 2.24) is 10.9 Å². The third-order valence-corrected chi connectivity index (χ3v) is 2.71. The van der Waals surface area contributed by atoms with Gasteiger partial charge in [0.1, 0.15) is 0 Å². The molecule has 0 aliphatic carbocycles. The largest absolute Gasteiger partial charge is 0.455 e. The van der Waals surface area contributed by atoms with E-state index in [1.54, 1.807) is 37.3 Å². The van der Waals surface area contributed by atoms with Crippen LogP contribution < -0.4 is 10.9 Å². The number of esters is 1. The molecular weight excluding hydrogens is 260 g/mol. The first-order valence-corrected chi connectivity index (χ1v) is 6.35. The lowest BCUT2D eigenvalue weighted by Gasteiger charge is -2.10. The van der Waals surface area contributed by atoms with Gasteiger partial charge >= 0.3 is 5.97 Å². The Morgan fingerprint density at radius 1 is 1.15 bits per heavy atom. The maximum Gasteiger partial charge on any atom is 0.309 e. The molecule has 1 atom stereocenters. The molecule has 108 valence electrons. The van der Waals surface area contributed by atoms with Crippen molar-refractivity contribution in [2.45, 2.75) is 20.3 Å². The van der Waals surface area contributed by atoms with Crippen LogP contribution in [0, 0.1) is 5.92 Å². The van der Waals surface area contributed by atoms with Crippen LogP contribution in [-0.2, 0) is 14.3 Å². The quantitative estimate of drug-likeness (QED) is 0.622. The number of hydrogen-bond acceptors (Lipinski definition) is 4. The Balaban J connectivity index is 2.30. The summed E-state index contributed by atoms with van der Waals surface area (Å²) in [5, 5.41) is 0. The molecule has 0 radical (unpaired) electrons. The minimum absolute atomic E-state index is 0.248. The Kier molecular flexibility index (Phi) is 6.22. The van der Waals surface area contributed by atoms with Crippen LogP contribution in [0.3, 0.4) is 0 Å². The lowest BCUT2D eigenvalue weighted by molar-refractivity contribution is -0.152. The molecule has 0 spiro atoms. The fourth-order valence-electron chi connectivity index (χ4n) is 1.27. The van der Waals surface area contributed by atoms with Crippen LogP contribution in [0.15, 0.2) is 30.3 Å². The van der Waals surface area contributed by atoms with E-state index in [9.17, 15) is 14.4 Å². The van der Waals surface area contributed by atoms with Gasteiger partial charge in [0.25, 0.3) is 11.8 Å². The summed E-state index contributed by atoms with van der Waals surface area (Å²) in [5.74, 6) is -1.71. The summed E-state index contributed by atoms with van der Waals surface area (Å²) in [6.45, 7) is 3.15. The molecule has 0 bridgehead atoms. The fraction of sp³-hybridized carbons (Fsp3) is 0.357. The van der Waals surface area contributed by atoms with Gasteiger partial charge in [0.05, 0.1) is 5.92 Å². The maximum atomic E-state index is 11.6. The molecule has 1 aromatic rings. The lowest BCUT2D eigenvalue weighted by Crippen LogP contribution is -2.43. The zero-order valence-corrected chi connectivity index (χ0v) is 11.5. The first-order chi connectivity index (χ1) is 9.54. The highest BCUT2D eigenvalue weighted by atomic mass is 16.5. The topological polar surface area (TPSA) is 84.5 Å². The van der Waals surface area contributed by atoms with Crippen LogP contribution in [0.5, 0.6) is 0 Å².